The number of para-hydroxylation sites is 1. The predicted octanol–water partition coefficient (Wildman–Crippen LogP) is 3.90. The number of fused-ring (bicyclic) bond motifs is 1. The zero-order valence-electron chi connectivity index (χ0n) is 11.4. The van der Waals surface area contributed by atoms with E-state index in [0.29, 0.717) is 0 Å². The van der Waals surface area contributed by atoms with E-state index in [0.717, 1.165) is 30.2 Å². The molecule has 1 aliphatic carbocycles. The van der Waals surface area contributed by atoms with Crippen molar-refractivity contribution in [1.82, 2.24) is 10.3 Å². The molecular formula is C17H22N2. The summed E-state index contributed by atoms with van der Waals surface area (Å²) >= 11 is 0. The lowest BCUT2D eigenvalue weighted by Gasteiger charge is -2.21. The minimum atomic E-state index is 0.884. The highest BCUT2D eigenvalue weighted by atomic mass is 14.9. The monoisotopic (exact) mass is 254 g/mol. The van der Waals surface area contributed by atoms with Gasteiger partial charge in [-0.25, -0.2) is 0 Å². The van der Waals surface area contributed by atoms with Crippen LogP contribution in [0.5, 0.6) is 0 Å². The van der Waals surface area contributed by atoms with E-state index in [4.69, 9.17) is 4.98 Å². The molecule has 1 aromatic carbocycles. The van der Waals surface area contributed by atoms with Crippen molar-refractivity contribution in [2.45, 2.75) is 38.6 Å². The Morgan fingerprint density at radius 3 is 2.74 bits per heavy atom. The van der Waals surface area contributed by atoms with Crippen LogP contribution in [0, 0.1) is 5.92 Å². The molecular weight excluding hydrogens is 232 g/mol. The minimum Gasteiger partial charge on any atom is -0.311 e. The maximum Gasteiger partial charge on any atom is 0.0705 e. The third-order valence-corrected chi connectivity index (χ3v) is 4.12. The lowest BCUT2D eigenvalue weighted by atomic mass is 9.89. The first-order valence-corrected chi connectivity index (χ1v) is 7.47. The maximum absolute atomic E-state index is 4.70. The van der Waals surface area contributed by atoms with Crippen LogP contribution in [0.1, 0.15) is 37.8 Å². The zero-order chi connectivity index (χ0) is 12.9. The molecule has 2 aromatic rings. The number of rotatable bonds is 4. The second kappa shape index (κ2) is 6.16. The molecule has 0 bridgehead atoms. The second-order valence-electron chi connectivity index (χ2n) is 5.63. The van der Waals surface area contributed by atoms with E-state index in [9.17, 15) is 0 Å². The summed E-state index contributed by atoms with van der Waals surface area (Å²) in [5.41, 5.74) is 2.24. The molecule has 2 heteroatoms. The van der Waals surface area contributed by atoms with Crippen molar-refractivity contribution < 1.29 is 0 Å². The predicted molar refractivity (Wildman–Crippen MR) is 80.0 cm³/mol. The topological polar surface area (TPSA) is 24.9 Å². The van der Waals surface area contributed by atoms with Gasteiger partial charge in [-0.1, -0.05) is 43.5 Å². The van der Waals surface area contributed by atoms with Crippen LogP contribution in [0.2, 0.25) is 0 Å². The minimum absolute atomic E-state index is 0.884. The molecule has 1 aromatic heterocycles. The number of benzene rings is 1. The maximum atomic E-state index is 4.70. The van der Waals surface area contributed by atoms with E-state index in [-0.39, 0.29) is 0 Å². The highest BCUT2D eigenvalue weighted by Gasteiger charge is 2.12. The van der Waals surface area contributed by atoms with Gasteiger partial charge >= 0.3 is 0 Å². The van der Waals surface area contributed by atoms with E-state index < -0.39 is 0 Å². The Labute approximate surface area is 115 Å². The van der Waals surface area contributed by atoms with Crippen LogP contribution >= 0.6 is 0 Å². The molecule has 100 valence electrons. The van der Waals surface area contributed by atoms with Crippen LogP contribution in [0.25, 0.3) is 10.9 Å². The molecule has 19 heavy (non-hydrogen) atoms. The van der Waals surface area contributed by atoms with Crippen LogP contribution in [0.4, 0.5) is 0 Å². The molecule has 0 amide bonds. The van der Waals surface area contributed by atoms with Crippen molar-refractivity contribution in [3.8, 4) is 0 Å². The first-order valence-electron chi connectivity index (χ1n) is 7.47. The molecule has 1 N–H and O–H groups in total. The van der Waals surface area contributed by atoms with Gasteiger partial charge in [0.15, 0.2) is 0 Å². The summed E-state index contributed by atoms with van der Waals surface area (Å²) in [6.45, 7) is 2.04. The molecule has 1 fully saturated rings. The van der Waals surface area contributed by atoms with Gasteiger partial charge in [0.1, 0.15) is 0 Å². The third kappa shape index (κ3) is 3.32. The van der Waals surface area contributed by atoms with Gasteiger partial charge in [0.25, 0.3) is 0 Å². The highest BCUT2D eigenvalue weighted by Crippen LogP contribution is 2.22. The van der Waals surface area contributed by atoms with Crippen molar-refractivity contribution in [2.24, 2.45) is 5.92 Å². The molecule has 0 saturated heterocycles. The largest absolute Gasteiger partial charge is 0.311 e. The second-order valence-corrected chi connectivity index (χ2v) is 5.63. The zero-order valence-corrected chi connectivity index (χ0v) is 11.4. The summed E-state index contributed by atoms with van der Waals surface area (Å²) in [7, 11) is 0. The fourth-order valence-electron chi connectivity index (χ4n) is 3.00. The average molecular weight is 254 g/mol. The van der Waals surface area contributed by atoms with Gasteiger partial charge < -0.3 is 5.32 Å². The van der Waals surface area contributed by atoms with E-state index >= 15 is 0 Å². The molecule has 0 spiro atoms. The van der Waals surface area contributed by atoms with Gasteiger partial charge in [0, 0.05) is 11.9 Å². The number of hydrogen-bond donors (Lipinski definition) is 1. The van der Waals surface area contributed by atoms with Gasteiger partial charge in [-0.2, -0.15) is 0 Å². The summed E-state index contributed by atoms with van der Waals surface area (Å²) < 4.78 is 0. The Hall–Kier alpha value is -1.41. The molecule has 0 aliphatic heterocycles. The fraction of sp³-hybridized carbons (Fsp3) is 0.471. The molecule has 0 unspecified atom stereocenters. The Bertz CT molecular complexity index is 530. The van der Waals surface area contributed by atoms with Crippen LogP contribution < -0.4 is 5.32 Å². The Morgan fingerprint density at radius 2 is 1.84 bits per heavy atom. The van der Waals surface area contributed by atoms with E-state index in [1.807, 2.05) is 0 Å². The average Bonchev–Trinajstić information content (AvgIpc) is 2.48. The van der Waals surface area contributed by atoms with Crippen molar-refractivity contribution in [2.75, 3.05) is 6.54 Å². The molecule has 3 rings (SSSR count). The molecule has 1 heterocycles. The van der Waals surface area contributed by atoms with Crippen molar-refractivity contribution in [3.05, 3.63) is 42.1 Å². The number of hydrogen-bond acceptors (Lipinski definition) is 2. The van der Waals surface area contributed by atoms with E-state index in [1.165, 1.54) is 37.5 Å². The summed E-state index contributed by atoms with van der Waals surface area (Å²) in [4.78, 5) is 4.70. The molecule has 0 atom stereocenters. The summed E-state index contributed by atoms with van der Waals surface area (Å²) in [5.74, 6) is 0.884. The Balaban J connectivity index is 1.56. The van der Waals surface area contributed by atoms with Crippen LogP contribution in [-0.4, -0.2) is 11.5 Å². The molecule has 0 radical (unpaired) electrons. The lowest BCUT2D eigenvalue weighted by molar-refractivity contribution is 0.341. The Kier molecular flexibility index (Phi) is 4.09. The van der Waals surface area contributed by atoms with Crippen molar-refractivity contribution in [3.63, 3.8) is 0 Å². The molecule has 1 aliphatic rings. The summed E-state index contributed by atoms with van der Waals surface area (Å²) in [5, 5.41) is 4.79. The Morgan fingerprint density at radius 1 is 1.00 bits per heavy atom. The van der Waals surface area contributed by atoms with E-state index in [1.54, 1.807) is 0 Å². The van der Waals surface area contributed by atoms with Gasteiger partial charge in [-0.15, -0.1) is 0 Å². The van der Waals surface area contributed by atoms with E-state index in [2.05, 4.69) is 41.7 Å². The van der Waals surface area contributed by atoms with Crippen LogP contribution in [0.3, 0.4) is 0 Å². The summed E-state index contributed by atoms with van der Waals surface area (Å²) in [6.07, 6.45) is 7.07. The summed E-state index contributed by atoms with van der Waals surface area (Å²) in [6, 6.07) is 12.6. The quantitative estimate of drug-likeness (QED) is 0.895. The fourth-order valence-corrected chi connectivity index (χ4v) is 3.00. The standard InChI is InChI=1S/C17H22N2/c1-2-6-14(7-3-1)12-18-13-16-11-10-15-8-4-5-9-17(15)19-16/h4-5,8-11,14,18H,1-3,6-7,12-13H2. The van der Waals surface area contributed by atoms with Crippen LogP contribution in [0.15, 0.2) is 36.4 Å². The third-order valence-electron chi connectivity index (χ3n) is 4.12. The van der Waals surface area contributed by atoms with Gasteiger partial charge in [0.2, 0.25) is 0 Å². The SMILES string of the molecule is c1ccc2nc(CNCC3CCCCC3)ccc2c1. The number of nitrogens with one attached hydrogen (secondary N) is 1. The van der Waals surface area contributed by atoms with Crippen LogP contribution in [-0.2, 0) is 6.54 Å². The lowest BCUT2D eigenvalue weighted by Crippen LogP contribution is -2.24. The molecule has 2 nitrogen and oxygen atoms in total. The number of nitrogens with zero attached hydrogens (tertiary/aromatic N) is 1. The molecule has 1 saturated carbocycles. The number of aromatic nitrogens is 1. The first-order chi connectivity index (χ1) is 9.42. The normalized spacial score (nSPS) is 16.8. The first kappa shape index (κ1) is 12.6. The van der Waals surface area contributed by atoms with Gasteiger partial charge in [-0.05, 0) is 37.4 Å². The highest BCUT2D eigenvalue weighted by molar-refractivity contribution is 5.78. The van der Waals surface area contributed by atoms with Crippen molar-refractivity contribution >= 4 is 10.9 Å². The smallest absolute Gasteiger partial charge is 0.0705 e. The van der Waals surface area contributed by atoms with Gasteiger partial charge in [-0.3, -0.25) is 4.98 Å². The number of pyridine rings is 1. The van der Waals surface area contributed by atoms with Gasteiger partial charge in [0.05, 0.1) is 11.2 Å². The van der Waals surface area contributed by atoms with Crippen molar-refractivity contribution in [1.29, 1.82) is 0 Å².